The van der Waals surface area contributed by atoms with Crippen molar-refractivity contribution in [2.24, 2.45) is 0 Å². The molecule has 0 aliphatic carbocycles. The summed E-state index contributed by atoms with van der Waals surface area (Å²) in [4.78, 5) is 14.2. The molecule has 0 radical (unpaired) electrons. The van der Waals surface area contributed by atoms with Crippen molar-refractivity contribution >= 4 is 45.0 Å². The van der Waals surface area contributed by atoms with Gasteiger partial charge in [-0.2, -0.15) is 5.21 Å². The van der Waals surface area contributed by atoms with Crippen LogP contribution in [0.25, 0.3) is 10.1 Å². The van der Waals surface area contributed by atoms with Gasteiger partial charge in [0, 0.05) is 20.2 Å². The van der Waals surface area contributed by atoms with E-state index in [9.17, 15) is 4.79 Å². The third kappa shape index (κ3) is 3.51. The van der Waals surface area contributed by atoms with Crippen LogP contribution in [0.3, 0.4) is 0 Å². The summed E-state index contributed by atoms with van der Waals surface area (Å²) < 4.78 is 6.63. The van der Waals surface area contributed by atoms with Crippen molar-refractivity contribution in [2.75, 3.05) is 11.9 Å². The van der Waals surface area contributed by atoms with Crippen molar-refractivity contribution in [3.8, 4) is 5.75 Å². The molecule has 126 valence electrons. The Morgan fingerprint density at radius 2 is 2.29 bits per heavy atom. The highest BCUT2D eigenvalue weighted by Gasteiger charge is 2.21. The summed E-state index contributed by atoms with van der Waals surface area (Å²) in [6, 6.07) is 5.90. The molecule has 0 unspecified atom stereocenters. The second kappa shape index (κ2) is 7.18. The second-order valence-corrected chi connectivity index (χ2v) is 7.85. The summed E-state index contributed by atoms with van der Waals surface area (Å²) in [6.45, 7) is 6.75. The van der Waals surface area contributed by atoms with Gasteiger partial charge in [0.1, 0.15) is 10.6 Å². The van der Waals surface area contributed by atoms with Gasteiger partial charge in [-0.05, 0) is 30.3 Å². The van der Waals surface area contributed by atoms with E-state index in [0.29, 0.717) is 16.7 Å². The number of aromatic amines is 1. The minimum atomic E-state index is -0.237. The highest BCUT2D eigenvalue weighted by atomic mass is 32.2. The van der Waals surface area contributed by atoms with Crippen LogP contribution in [0.1, 0.15) is 30.4 Å². The Balaban J connectivity index is 2.03. The van der Waals surface area contributed by atoms with Crippen LogP contribution in [0, 0.1) is 0 Å². The maximum atomic E-state index is 12.6. The Bertz CT molecular complexity index is 845. The lowest BCUT2D eigenvalue weighted by atomic mass is 10.2. The Morgan fingerprint density at radius 3 is 2.96 bits per heavy atom. The van der Waals surface area contributed by atoms with Gasteiger partial charge in [-0.3, -0.25) is 10.1 Å². The smallest absolute Gasteiger partial charge is 0.270 e. The van der Waals surface area contributed by atoms with Gasteiger partial charge in [0.15, 0.2) is 0 Å². The molecule has 0 saturated heterocycles. The van der Waals surface area contributed by atoms with Gasteiger partial charge in [-0.15, -0.1) is 28.2 Å². The second-order valence-electron chi connectivity index (χ2n) is 5.21. The first-order chi connectivity index (χ1) is 11.6. The number of aromatic nitrogens is 4. The average molecular weight is 363 g/mol. The third-order valence-electron chi connectivity index (χ3n) is 3.06. The first-order valence-corrected chi connectivity index (χ1v) is 9.19. The number of anilines is 1. The minimum absolute atomic E-state index is 0.160. The highest BCUT2D eigenvalue weighted by molar-refractivity contribution is 8.00. The zero-order valence-corrected chi connectivity index (χ0v) is 15.1. The summed E-state index contributed by atoms with van der Waals surface area (Å²) in [5, 5.41) is 17.3. The van der Waals surface area contributed by atoms with E-state index >= 15 is 0 Å². The number of ether oxygens (including phenoxy) is 1. The van der Waals surface area contributed by atoms with Crippen molar-refractivity contribution in [1.82, 2.24) is 20.6 Å². The predicted octanol–water partition coefficient (Wildman–Crippen LogP) is 3.57. The number of thiophene rings is 1. The third-order valence-corrected chi connectivity index (χ3v) is 5.49. The van der Waals surface area contributed by atoms with Crippen molar-refractivity contribution < 1.29 is 9.53 Å². The maximum Gasteiger partial charge on any atom is 0.270 e. The quantitative estimate of drug-likeness (QED) is 0.651. The van der Waals surface area contributed by atoms with Crippen LogP contribution >= 0.6 is 23.1 Å². The normalized spacial score (nSPS) is 11.2. The van der Waals surface area contributed by atoms with Crippen LogP contribution in [-0.4, -0.2) is 38.4 Å². The number of thioether (sulfide) groups is 1. The number of benzene rings is 1. The first kappa shape index (κ1) is 16.7. The Kier molecular flexibility index (Phi) is 5.00. The first-order valence-electron chi connectivity index (χ1n) is 7.49. The molecule has 1 amide bonds. The number of nitrogens with zero attached hydrogens (tertiary/aromatic N) is 3. The summed E-state index contributed by atoms with van der Waals surface area (Å²) >= 11 is 3.11. The standard InChI is InChI=1S/C15H17N5O2S2/c1-4-22-9-5-6-11-10(7-9)12(23-8(2)3)13(24-11)14(21)16-15-17-19-20-18-15/h5-8H,4H2,1-3H3,(H2,16,17,18,19,20,21). The number of amides is 1. The topological polar surface area (TPSA) is 92.8 Å². The average Bonchev–Trinajstić information content (AvgIpc) is 3.15. The van der Waals surface area contributed by atoms with Gasteiger partial charge in [0.25, 0.3) is 11.9 Å². The minimum Gasteiger partial charge on any atom is -0.494 e. The van der Waals surface area contributed by atoms with Crippen molar-refractivity contribution in [1.29, 1.82) is 0 Å². The van der Waals surface area contributed by atoms with Crippen LogP contribution < -0.4 is 10.1 Å². The Labute approximate surface area is 147 Å². The van der Waals surface area contributed by atoms with Crippen LogP contribution in [0.5, 0.6) is 5.75 Å². The molecule has 2 N–H and O–H groups in total. The Hall–Kier alpha value is -2.13. The van der Waals surface area contributed by atoms with Gasteiger partial charge < -0.3 is 4.74 Å². The monoisotopic (exact) mass is 363 g/mol. The van der Waals surface area contributed by atoms with E-state index in [1.807, 2.05) is 25.1 Å². The molecule has 2 aromatic heterocycles. The fourth-order valence-electron chi connectivity index (χ4n) is 2.19. The molecule has 0 spiro atoms. The van der Waals surface area contributed by atoms with E-state index in [1.54, 1.807) is 11.8 Å². The number of fused-ring (bicyclic) bond motifs is 1. The number of rotatable bonds is 6. The van der Waals surface area contributed by atoms with Crippen molar-refractivity contribution in [3.05, 3.63) is 23.1 Å². The molecule has 0 aliphatic heterocycles. The molecule has 2 heterocycles. The van der Waals surface area contributed by atoms with E-state index in [1.165, 1.54) is 11.3 Å². The molecular weight excluding hydrogens is 346 g/mol. The molecule has 3 aromatic rings. The SMILES string of the molecule is CCOc1ccc2sc(C(=O)Nc3nn[nH]n3)c(SC(C)C)c2c1. The number of carbonyl (C=O) groups excluding carboxylic acids is 1. The van der Waals surface area contributed by atoms with Crippen molar-refractivity contribution in [2.45, 2.75) is 30.9 Å². The molecule has 0 aliphatic rings. The maximum absolute atomic E-state index is 12.6. The fraction of sp³-hybridized carbons (Fsp3) is 0.333. The number of hydrogen-bond acceptors (Lipinski definition) is 7. The number of carbonyl (C=O) groups is 1. The summed E-state index contributed by atoms with van der Waals surface area (Å²) in [5.74, 6) is 0.727. The molecule has 0 atom stereocenters. The number of hydrogen-bond donors (Lipinski definition) is 2. The highest BCUT2D eigenvalue weighted by Crippen LogP contribution is 2.41. The predicted molar refractivity (Wildman–Crippen MR) is 96.1 cm³/mol. The van der Waals surface area contributed by atoms with E-state index in [0.717, 1.165) is 20.7 Å². The lowest BCUT2D eigenvalue weighted by Crippen LogP contribution is -2.12. The van der Waals surface area contributed by atoms with Gasteiger partial charge in [0.2, 0.25) is 0 Å². The molecule has 3 rings (SSSR count). The summed E-state index contributed by atoms with van der Waals surface area (Å²) in [5.41, 5.74) is 0. The van der Waals surface area contributed by atoms with E-state index in [2.05, 4.69) is 39.8 Å². The van der Waals surface area contributed by atoms with E-state index < -0.39 is 0 Å². The molecule has 7 nitrogen and oxygen atoms in total. The molecule has 0 saturated carbocycles. The van der Waals surface area contributed by atoms with Crippen LogP contribution in [0.2, 0.25) is 0 Å². The number of nitrogens with one attached hydrogen (secondary N) is 2. The summed E-state index contributed by atoms with van der Waals surface area (Å²) in [6.07, 6.45) is 0. The molecule has 24 heavy (non-hydrogen) atoms. The van der Waals surface area contributed by atoms with Gasteiger partial charge in [0.05, 0.1) is 6.61 Å². The summed E-state index contributed by atoms with van der Waals surface area (Å²) in [7, 11) is 0. The molecular formula is C15H17N5O2S2. The van der Waals surface area contributed by atoms with Gasteiger partial charge >= 0.3 is 0 Å². The number of tetrazole rings is 1. The Morgan fingerprint density at radius 1 is 1.46 bits per heavy atom. The molecule has 0 fully saturated rings. The molecule has 9 heteroatoms. The van der Waals surface area contributed by atoms with Crippen LogP contribution in [0.15, 0.2) is 23.1 Å². The molecule has 1 aromatic carbocycles. The largest absolute Gasteiger partial charge is 0.494 e. The lowest BCUT2D eigenvalue weighted by molar-refractivity contribution is 0.102. The fourth-order valence-corrected chi connectivity index (χ4v) is 4.46. The van der Waals surface area contributed by atoms with Gasteiger partial charge in [-0.25, -0.2) is 0 Å². The van der Waals surface area contributed by atoms with E-state index in [-0.39, 0.29) is 11.9 Å². The number of H-pyrrole nitrogens is 1. The van der Waals surface area contributed by atoms with Crippen LogP contribution in [-0.2, 0) is 0 Å². The zero-order chi connectivity index (χ0) is 17.1. The van der Waals surface area contributed by atoms with Gasteiger partial charge in [-0.1, -0.05) is 18.9 Å². The molecule has 0 bridgehead atoms. The van der Waals surface area contributed by atoms with Crippen LogP contribution in [0.4, 0.5) is 5.95 Å². The van der Waals surface area contributed by atoms with Crippen molar-refractivity contribution in [3.63, 3.8) is 0 Å². The lowest BCUT2D eigenvalue weighted by Gasteiger charge is -2.08. The zero-order valence-electron chi connectivity index (χ0n) is 13.5. The van der Waals surface area contributed by atoms with E-state index in [4.69, 9.17) is 4.74 Å².